The van der Waals surface area contributed by atoms with Crippen LogP contribution in [0.5, 0.6) is 0 Å². The molecule has 1 heterocycles. The summed E-state index contributed by atoms with van der Waals surface area (Å²) in [7, 11) is 0. The topological polar surface area (TPSA) is 101 Å². The number of carbonyl (C=O) groups excluding carboxylic acids is 2. The van der Waals surface area contributed by atoms with Gasteiger partial charge in [-0.2, -0.15) is 0 Å². The lowest BCUT2D eigenvalue weighted by Gasteiger charge is -2.23. The minimum absolute atomic E-state index is 0.0203. The van der Waals surface area contributed by atoms with Crippen LogP contribution in [-0.4, -0.2) is 22.0 Å². The van der Waals surface area contributed by atoms with Gasteiger partial charge in [0.1, 0.15) is 0 Å². The third-order valence-electron chi connectivity index (χ3n) is 3.42. The summed E-state index contributed by atoms with van der Waals surface area (Å²) in [5, 5.41) is 15.6. The SMILES string of the molecule is O=C(C[C@H]1Sc2ccccc2NC1=O)Nc1cccc([N+](=O)[O-])c1. The average molecular weight is 343 g/mol. The Morgan fingerprint density at radius 3 is 2.83 bits per heavy atom. The van der Waals surface area contributed by atoms with E-state index in [1.165, 1.54) is 30.0 Å². The molecule has 0 saturated heterocycles. The zero-order valence-corrected chi connectivity index (χ0v) is 13.2. The lowest BCUT2D eigenvalue weighted by atomic mass is 10.2. The van der Waals surface area contributed by atoms with Crippen LogP contribution in [-0.2, 0) is 9.59 Å². The third kappa shape index (κ3) is 3.54. The number of hydrogen-bond acceptors (Lipinski definition) is 5. The van der Waals surface area contributed by atoms with E-state index in [0.29, 0.717) is 5.69 Å². The molecule has 122 valence electrons. The predicted molar refractivity (Wildman–Crippen MR) is 91.1 cm³/mol. The molecule has 1 atom stereocenters. The van der Waals surface area contributed by atoms with Crippen molar-refractivity contribution in [3.8, 4) is 0 Å². The molecule has 0 spiro atoms. The van der Waals surface area contributed by atoms with Gasteiger partial charge in [0.15, 0.2) is 0 Å². The van der Waals surface area contributed by atoms with Crippen molar-refractivity contribution in [1.82, 2.24) is 0 Å². The van der Waals surface area contributed by atoms with Gasteiger partial charge < -0.3 is 10.6 Å². The Labute approximate surface area is 141 Å². The number of thioether (sulfide) groups is 1. The molecule has 0 aromatic heterocycles. The number of para-hydroxylation sites is 1. The molecule has 7 nitrogen and oxygen atoms in total. The molecule has 3 rings (SSSR count). The Morgan fingerprint density at radius 2 is 2.04 bits per heavy atom. The molecule has 0 radical (unpaired) electrons. The van der Waals surface area contributed by atoms with Crippen LogP contribution < -0.4 is 10.6 Å². The Bertz CT molecular complexity index is 824. The van der Waals surface area contributed by atoms with E-state index >= 15 is 0 Å². The normalized spacial score (nSPS) is 16.0. The minimum atomic E-state index is -0.543. The monoisotopic (exact) mass is 343 g/mol. The maximum Gasteiger partial charge on any atom is 0.271 e. The van der Waals surface area contributed by atoms with Crippen LogP contribution in [0.4, 0.5) is 17.1 Å². The molecule has 0 bridgehead atoms. The van der Waals surface area contributed by atoms with Gasteiger partial charge in [-0.1, -0.05) is 18.2 Å². The molecule has 8 heteroatoms. The van der Waals surface area contributed by atoms with Crippen LogP contribution in [0.25, 0.3) is 0 Å². The van der Waals surface area contributed by atoms with Gasteiger partial charge in [-0.05, 0) is 18.2 Å². The van der Waals surface area contributed by atoms with E-state index in [4.69, 9.17) is 0 Å². The Kier molecular flexibility index (Phi) is 4.48. The number of hydrogen-bond donors (Lipinski definition) is 2. The van der Waals surface area contributed by atoms with Gasteiger partial charge in [0.2, 0.25) is 11.8 Å². The van der Waals surface area contributed by atoms with Gasteiger partial charge in [0, 0.05) is 29.1 Å². The van der Waals surface area contributed by atoms with Crippen LogP contribution in [0.1, 0.15) is 6.42 Å². The van der Waals surface area contributed by atoms with Crippen molar-refractivity contribution < 1.29 is 14.5 Å². The van der Waals surface area contributed by atoms with Gasteiger partial charge >= 0.3 is 0 Å². The number of anilines is 2. The standard InChI is InChI=1S/C16H13N3O4S/c20-15(17-10-4-3-5-11(8-10)19(22)23)9-14-16(21)18-12-6-1-2-7-13(12)24-14/h1-8,14H,9H2,(H,17,20)(H,18,21)/t14-/m1/s1. The number of nitrogens with one attached hydrogen (secondary N) is 2. The number of fused-ring (bicyclic) bond motifs is 1. The molecule has 0 unspecified atom stereocenters. The number of nitro groups is 1. The van der Waals surface area contributed by atoms with E-state index in [2.05, 4.69) is 10.6 Å². The quantitative estimate of drug-likeness (QED) is 0.656. The summed E-state index contributed by atoms with van der Waals surface area (Å²) in [4.78, 5) is 35.4. The molecule has 0 fully saturated rings. The summed E-state index contributed by atoms with van der Waals surface area (Å²) in [5.74, 6) is -0.601. The average Bonchev–Trinajstić information content (AvgIpc) is 2.55. The zero-order chi connectivity index (χ0) is 17.1. The Hall–Kier alpha value is -2.87. The lowest BCUT2D eigenvalue weighted by Crippen LogP contribution is -2.32. The second-order valence-corrected chi connectivity index (χ2v) is 6.40. The van der Waals surface area contributed by atoms with Crippen molar-refractivity contribution in [2.45, 2.75) is 16.6 Å². The first-order chi connectivity index (χ1) is 11.5. The molecule has 1 aliphatic heterocycles. The second kappa shape index (κ2) is 6.71. The van der Waals surface area contributed by atoms with Crippen molar-refractivity contribution in [3.63, 3.8) is 0 Å². The molecule has 1 aliphatic rings. The van der Waals surface area contributed by atoms with Crippen molar-refractivity contribution in [3.05, 3.63) is 58.6 Å². The fourth-order valence-electron chi connectivity index (χ4n) is 2.30. The lowest BCUT2D eigenvalue weighted by molar-refractivity contribution is -0.384. The van der Waals surface area contributed by atoms with Crippen LogP contribution >= 0.6 is 11.8 Å². The van der Waals surface area contributed by atoms with E-state index in [-0.39, 0.29) is 23.9 Å². The smallest absolute Gasteiger partial charge is 0.271 e. The number of non-ortho nitro benzene ring substituents is 1. The number of nitro benzene ring substituents is 1. The van der Waals surface area contributed by atoms with E-state index in [0.717, 1.165) is 10.6 Å². The van der Waals surface area contributed by atoms with Crippen molar-refractivity contribution in [2.24, 2.45) is 0 Å². The minimum Gasteiger partial charge on any atom is -0.326 e. The number of nitrogens with zero attached hydrogens (tertiary/aromatic N) is 1. The summed E-state index contributed by atoms with van der Waals surface area (Å²) in [6, 6.07) is 13.1. The van der Waals surface area contributed by atoms with Crippen LogP contribution in [0, 0.1) is 10.1 Å². The van der Waals surface area contributed by atoms with Gasteiger partial charge in [-0.25, -0.2) is 0 Å². The maximum atomic E-state index is 12.1. The summed E-state index contributed by atoms with van der Waals surface area (Å²) >= 11 is 1.33. The Balaban J connectivity index is 1.66. The van der Waals surface area contributed by atoms with Crippen molar-refractivity contribution >= 4 is 40.6 Å². The Morgan fingerprint density at radius 1 is 1.25 bits per heavy atom. The van der Waals surface area contributed by atoms with Crippen LogP contribution in [0.2, 0.25) is 0 Å². The first-order valence-corrected chi connectivity index (χ1v) is 8.02. The molecule has 2 N–H and O–H groups in total. The van der Waals surface area contributed by atoms with Crippen molar-refractivity contribution in [1.29, 1.82) is 0 Å². The fraction of sp³-hybridized carbons (Fsp3) is 0.125. The predicted octanol–water partition coefficient (Wildman–Crippen LogP) is 3.04. The van der Waals surface area contributed by atoms with E-state index in [1.807, 2.05) is 18.2 Å². The zero-order valence-electron chi connectivity index (χ0n) is 12.4. The summed E-state index contributed by atoms with van der Waals surface area (Å²) < 4.78 is 0. The van der Waals surface area contributed by atoms with Crippen LogP contribution in [0.3, 0.4) is 0 Å². The van der Waals surface area contributed by atoms with Crippen molar-refractivity contribution in [2.75, 3.05) is 10.6 Å². The van der Waals surface area contributed by atoms with Gasteiger partial charge in [0.05, 0.1) is 15.9 Å². The highest BCUT2D eigenvalue weighted by Crippen LogP contribution is 2.36. The van der Waals surface area contributed by atoms with E-state index in [1.54, 1.807) is 12.1 Å². The van der Waals surface area contributed by atoms with Crippen LogP contribution in [0.15, 0.2) is 53.4 Å². The molecular formula is C16H13N3O4S. The number of benzene rings is 2. The first-order valence-electron chi connectivity index (χ1n) is 7.14. The molecule has 24 heavy (non-hydrogen) atoms. The summed E-state index contributed by atoms with van der Waals surface area (Å²) in [6.07, 6.45) is -0.0203. The maximum absolute atomic E-state index is 12.1. The number of carbonyl (C=O) groups is 2. The number of amides is 2. The highest BCUT2D eigenvalue weighted by atomic mass is 32.2. The second-order valence-electron chi connectivity index (χ2n) is 5.15. The fourth-order valence-corrected chi connectivity index (χ4v) is 3.42. The third-order valence-corrected chi connectivity index (χ3v) is 4.69. The molecule has 2 aromatic carbocycles. The van der Waals surface area contributed by atoms with Gasteiger partial charge in [-0.15, -0.1) is 11.8 Å². The largest absolute Gasteiger partial charge is 0.326 e. The molecule has 2 amide bonds. The molecule has 0 saturated carbocycles. The highest BCUT2D eigenvalue weighted by molar-refractivity contribution is 8.01. The summed E-state index contributed by atoms with van der Waals surface area (Å²) in [6.45, 7) is 0. The van der Waals surface area contributed by atoms with E-state index in [9.17, 15) is 19.7 Å². The molecular weight excluding hydrogens is 330 g/mol. The highest BCUT2D eigenvalue weighted by Gasteiger charge is 2.28. The van der Waals surface area contributed by atoms with E-state index < -0.39 is 10.2 Å². The first kappa shape index (κ1) is 16.0. The van der Waals surface area contributed by atoms with Gasteiger partial charge in [-0.3, -0.25) is 19.7 Å². The summed E-state index contributed by atoms with van der Waals surface area (Å²) in [5.41, 5.74) is 0.963. The molecule has 2 aromatic rings. The number of rotatable bonds is 4. The van der Waals surface area contributed by atoms with Gasteiger partial charge in [0.25, 0.3) is 5.69 Å². The molecule has 0 aliphatic carbocycles.